The summed E-state index contributed by atoms with van der Waals surface area (Å²) in [6, 6.07) is 72.5. The number of rotatable bonds is 4. The van der Waals surface area contributed by atoms with Crippen LogP contribution in [0.5, 0.6) is 0 Å². The van der Waals surface area contributed by atoms with Crippen molar-refractivity contribution in [1.29, 1.82) is 0 Å². The molecule has 0 aliphatic heterocycles. The predicted molar refractivity (Wildman–Crippen MR) is 242 cm³/mol. The Bertz CT molecular complexity index is 3770. The summed E-state index contributed by atoms with van der Waals surface area (Å²) in [4.78, 5) is 0. The largest absolute Gasteiger partial charge is 0.456 e. The standard InChI is InChI=1S/C54H33N3O/c1-4-14-36(15-5-1)55-45-22-12-10-21-41(45)53-47(55)28-29-48-54(53)44-30-34(25-27-46(44)56(48)37-16-6-2-7-17-37)35-24-26-39-42-32-43-40-20-11-13-23-51(40)58-52(43)33-50(42)57(49(39)31-35)38-18-8-3-9-19-38/h1-33H. The molecule has 0 N–H and O–H groups in total. The molecule has 4 heteroatoms. The fourth-order valence-corrected chi connectivity index (χ4v) is 9.73. The van der Waals surface area contributed by atoms with Crippen LogP contribution in [0, 0.1) is 0 Å². The number of aromatic nitrogens is 3. The molecule has 0 aliphatic rings. The van der Waals surface area contributed by atoms with Crippen molar-refractivity contribution in [2.75, 3.05) is 0 Å². The maximum atomic E-state index is 6.42. The first kappa shape index (κ1) is 31.4. The van der Waals surface area contributed by atoms with Crippen LogP contribution in [0.2, 0.25) is 0 Å². The molecule has 0 atom stereocenters. The van der Waals surface area contributed by atoms with Crippen molar-refractivity contribution in [2.45, 2.75) is 0 Å². The van der Waals surface area contributed by atoms with Crippen LogP contribution in [0.15, 0.2) is 205 Å². The van der Waals surface area contributed by atoms with E-state index in [-0.39, 0.29) is 0 Å². The normalized spacial score (nSPS) is 12.1. The number of fused-ring (bicyclic) bond motifs is 13. The third kappa shape index (κ3) is 4.34. The minimum absolute atomic E-state index is 0.897. The second-order valence-electron chi connectivity index (χ2n) is 15.3. The lowest BCUT2D eigenvalue weighted by atomic mass is 9.99. The van der Waals surface area contributed by atoms with E-state index >= 15 is 0 Å². The minimum Gasteiger partial charge on any atom is -0.456 e. The molecule has 13 aromatic rings. The highest BCUT2D eigenvalue weighted by atomic mass is 16.3. The molecule has 58 heavy (non-hydrogen) atoms. The molecule has 0 spiro atoms. The SMILES string of the molecule is c1ccc(-n2c3cc(-c4ccc5c(c4)c4c6c7ccccc7n(-c7ccccc7)c6ccc4n5-c4ccccc4)ccc3c3cc4c(cc32)oc2ccccc24)cc1. The average Bonchev–Trinajstić information content (AvgIpc) is 4.02. The molecule has 0 unspecified atom stereocenters. The van der Waals surface area contributed by atoms with Crippen LogP contribution in [0.25, 0.3) is 116 Å². The zero-order valence-electron chi connectivity index (χ0n) is 31.3. The molecule has 0 aliphatic carbocycles. The van der Waals surface area contributed by atoms with E-state index in [0.29, 0.717) is 0 Å². The van der Waals surface area contributed by atoms with E-state index in [1.165, 1.54) is 65.5 Å². The Labute approximate surface area is 332 Å². The molecule has 0 fully saturated rings. The smallest absolute Gasteiger partial charge is 0.137 e. The van der Waals surface area contributed by atoms with Gasteiger partial charge in [-0.25, -0.2) is 0 Å². The number of nitrogens with zero attached hydrogens (tertiary/aromatic N) is 3. The van der Waals surface area contributed by atoms with Gasteiger partial charge in [-0.3, -0.25) is 0 Å². The highest BCUT2D eigenvalue weighted by molar-refractivity contribution is 6.29. The lowest BCUT2D eigenvalue weighted by Crippen LogP contribution is -1.94. The van der Waals surface area contributed by atoms with E-state index in [9.17, 15) is 0 Å². The van der Waals surface area contributed by atoms with Gasteiger partial charge in [-0.15, -0.1) is 0 Å². The fraction of sp³-hybridized carbons (Fsp3) is 0. The molecule has 0 radical (unpaired) electrons. The van der Waals surface area contributed by atoms with Crippen LogP contribution < -0.4 is 0 Å². The maximum absolute atomic E-state index is 6.42. The molecule has 4 heterocycles. The molecular formula is C54H33N3O. The monoisotopic (exact) mass is 739 g/mol. The summed E-state index contributed by atoms with van der Waals surface area (Å²) in [5, 5.41) is 9.71. The zero-order valence-corrected chi connectivity index (χ0v) is 31.3. The predicted octanol–water partition coefficient (Wildman–Crippen LogP) is 14.5. The summed E-state index contributed by atoms with van der Waals surface area (Å²) < 4.78 is 13.7. The molecule has 0 amide bonds. The number of benzene rings is 9. The number of hydrogen-bond donors (Lipinski definition) is 0. The van der Waals surface area contributed by atoms with Gasteiger partial charge in [0, 0.05) is 66.2 Å². The van der Waals surface area contributed by atoms with Crippen LogP contribution in [0.3, 0.4) is 0 Å². The molecule has 13 rings (SSSR count). The Morgan fingerprint density at radius 2 is 0.759 bits per heavy atom. The number of hydrogen-bond acceptors (Lipinski definition) is 1. The van der Waals surface area contributed by atoms with Gasteiger partial charge in [-0.1, -0.05) is 109 Å². The molecule has 4 aromatic heterocycles. The van der Waals surface area contributed by atoms with E-state index in [1.807, 2.05) is 6.07 Å². The summed E-state index contributed by atoms with van der Waals surface area (Å²) >= 11 is 0. The van der Waals surface area contributed by atoms with Gasteiger partial charge in [0.05, 0.1) is 33.1 Å². The third-order valence-electron chi connectivity index (χ3n) is 12.2. The highest BCUT2D eigenvalue weighted by Crippen LogP contribution is 2.44. The van der Waals surface area contributed by atoms with Gasteiger partial charge in [-0.2, -0.15) is 0 Å². The first-order valence-corrected chi connectivity index (χ1v) is 19.8. The Morgan fingerprint density at radius 1 is 0.259 bits per heavy atom. The maximum Gasteiger partial charge on any atom is 0.137 e. The van der Waals surface area contributed by atoms with Crippen LogP contribution in [-0.2, 0) is 0 Å². The van der Waals surface area contributed by atoms with Gasteiger partial charge in [0.15, 0.2) is 0 Å². The molecular weight excluding hydrogens is 707 g/mol. The van der Waals surface area contributed by atoms with Gasteiger partial charge in [0.25, 0.3) is 0 Å². The third-order valence-corrected chi connectivity index (χ3v) is 12.2. The van der Waals surface area contributed by atoms with Crippen LogP contribution in [0.4, 0.5) is 0 Å². The summed E-state index contributed by atoms with van der Waals surface area (Å²) in [6.07, 6.45) is 0. The fourth-order valence-electron chi connectivity index (χ4n) is 9.73. The van der Waals surface area contributed by atoms with Crippen molar-refractivity contribution >= 4 is 87.4 Å². The van der Waals surface area contributed by atoms with Crippen molar-refractivity contribution < 1.29 is 4.42 Å². The second kappa shape index (κ2) is 11.8. The van der Waals surface area contributed by atoms with Gasteiger partial charge >= 0.3 is 0 Å². The summed E-state index contributed by atoms with van der Waals surface area (Å²) in [6.45, 7) is 0. The summed E-state index contributed by atoms with van der Waals surface area (Å²) in [5.74, 6) is 0. The first-order chi connectivity index (χ1) is 28.8. The molecule has 0 saturated carbocycles. The number of furan rings is 1. The van der Waals surface area contributed by atoms with Gasteiger partial charge in [0.2, 0.25) is 0 Å². The van der Waals surface area contributed by atoms with Crippen molar-refractivity contribution in [3.8, 4) is 28.2 Å². The molecule has 4 nitrogen and oxygen atoms in total. The van der Waals surface area contributed by atoms with Crippen LogP contribution in [-0.4, -0.2) is 13.7 Å². The second-order valence-corrected chi connectivity index (χ2v) is 15.3. The molecule has 270 valence electrons. The Kier molecular flexibility index (Phi) is 6.41. The van der Waals surface area contributed by atoms with Crippen molar-refractivity contribution in [3.63, 3.8) is 0 Å². The van der Waals surface area contributed by atoms with Gasteiger partial charge < -0.3 is 18.1 Å². The summed E-state index contributed by atoms with van der Waals surface area (Å²) in [7, 11) is 0. The Morgan fingerprint density at radius 3 is 1.45 bits per heavy atom. The number of para-hydroxylation sites is 5. The molecule has 9 aromatic carbocycles. The van der Waals surface area contributed by atoms with E-state index in [4.69, 9.17) is 4.42 Å². The molecule has 0 bridgehead atoms. The first-order valence-electron chi connectivity index (χ1n) is 19.8. The van der Waals surface area contributed by atoms with E-state index in [1.54, 1.807) is 0 Å². The van der Waals surface area contributed by atoms with Crippen molar-refractivity contribution in [2.24, 2.45) is 0 Å². The quantitative estimate of drug-likeness (QED) is 0.177. The van der Waals surface area contributed by atoms with Crippen molar-refractivity contribution in [3.05, 3.63) is 200 Å². The lowest BCUT2D eigenvalue weighted by Gasteiger charge is -2.10. The Balaban J connectivity index is 1.11. The lowest BCUT2D eigenvalue weighted by molar-refractivity contribution is 0.669. The van der Waals surface area contributed by atoms with Gasteiger partial charge in [-0.05, 0) is 96.1 Å². The van der Waals surface area contributed by atoms with Crippen LogP contribution in [0.1, 0.15) is 0 Å². The topological polar surface area (TPSA) is 27.9 Å². The van der Waals surface area contributed by atoms with E-state index in [0.717, 1.165) is 50.0 Å². The van der Waals surface area contributed by atoms with E-state index < -0.39 is 0 Å². The van der Waals surface area contributed by atoms with Crippen molar-refractivity contribution in [1.82, 2.24) is 13.7 Å². The average molecular weight is 740 g/mol. The summed E-state index contributed by atoms with van der Waals surface area (Å²) in [5.41, 5.74) is 14.6. The van der Waals surface area contributed by atoms with Crippen LogP contribution >= 0.6 is 0 Å². The highest BCUT2D eigenvalue weighted by Gasteiger charge is 2.22. The minimum atomic E-state index is 0.897. The zero-order chi connectivity index (χ0) is 37.9. The van der Waals surface area contributed by atoms with Gasteiger partial charge in [0.1, 0.15) is 11.2 Å². The molecule has 0 saturated heterocycles. The Hall–Kier alpha value is -7.82. The van der Waals surface area contributed by atoms with E-state index in [2.05, 4.69) is 208 Å².